The number of aromatic nitrogens is 1. The molecule has 3 aromatic rings. The van der Waals surface area contributed by atoms with Gasteiger partial charge in [0.2, 0.25) is 11.8 Å². The van der Waals surface area contributed by atoms with Crippen LogP contribution in [0.25, 0.3) is 11.5 Å². The van der Waals surface area contributed by atoms with Crippen molar-refractivity contribution >= 4 is 17.5 Å². The van der Waals surface area contributed by atoms with Gasteiger partial charge in [-0.05, 0) is 68.2 Å². The number of hydrogen-bond acceptors (Lipinski definition) is 5. The van der Waals surface area contributed by atoms with Gasteiger partial charge in [0.15, 0.2) is 0 Å². The minimum absolute atomic E-state index is 0.114. The highest BCUT2D eigenvalue weighted by Crippen LogP contribution is 2.28. The van der Waals surface area contributed by atoms with Crippen molar-refractivity contribution in [2.45, 2.75) is 12.8 Å². The minimum Gasteiger partial charge on any atom is -0.420 e. The number of carbonyl (C=O) groups excluding carboxylic acids is 1. The summed E-state index contributed by atoms with van der Waals surface area (Å²) in [5.41, 5.74) is 0.897. The lowest BCUT2D eigenvalue weighted by atomic mass is 9.98. The molecule has 0 spiro atoms. The number of amides is 1. The summed E-state index contributed by atoms with van der Waals surface area (Å²) < 4.78 is 33.2. The van der Waals surface area contributed by atoms with Crippen molar-refractivity contribution in [3.8, 4) is 11.5 Å². The molecule has 1 aliphatic rings. The Morgan fingerprint density at radius 3 is 2.50 bits per heavy atom. The van der Waals surface area contributed by atoms with Crippen LogP contribution in [-0.4, -0.2) is 30.5 Å². The molecule has 1 saturated heterocycles. The van der Waals surface area contributed by atoms with E-state index in [0.717, 1.165) is 38.1 Å². The second kappa shape index (κ2) is 9.04. The summed E-state index contributed by atoms with van der Waals surface area (Å²) in [7, 11) is 0. The van der Waals surface area contributed by atoms with Gasteiger partial charge in [-0.2, -0.15) is 0 Å². The molecule has 156 valence electrons. The number of hydrogen-bond donors (Lipinski definition) is 3. The SMILES string of the molecule is O=C(NCC1CCNCC1)c1ccc(Nc2cnc(-c3c(F)cccc3F)o2)cc1. The topological polar surface area (TPSA) is 79.2 Å². The molecule has 0 bridgehead atoms. The average Bonchev–Trinajstić information content (AvgIpc) is 3.21. The molecular formula is C22H22F2N4O2. The maximum atomic E-state index is 13.9. The highest BCUT2D eigenvalue weighted by molar-refractivity contribution is 5.94. The lowest BCUT2D eigenvalue weighted by Crippen LogP contribution is -2.35. The first-order valence-electron chi connectivity index (χ1n) is 9.86. The van der Waals surface area contributed by atoms with E-state index in [1.165, 1.54) is 12.3 Å². The van der Waals surface area contributed by atoms with Crippen LogP contribution in [0.15, 0.2) is 53.1 Å². The zero-order valence-electron chi connectivity index (χ0n) is 16.3. The molecule has 1 amide bonds. The molecule has 3 N–H and O–H groups in total. The maximum Gasteiger partial charge on any atom is 0.251 e. The van der Waals surface area contributed by atoms with Crippen LogP contribution in [0, 0.1) is 17.6 Å². The standard InChI is InChI=1S/C22H22F2N4O2/c23-17-2-1-3-18(24)20(17)22-27-13-19(30-22)28-16-6-4-15(5-7-16)21(29)26-12-14-8-10-25-11-9-14/h1-7,13-14,25,28H,8-12H2,(H,26,29). The number of nitrogens with one attached hydrogen (secondary N) is 3. The summed E-state index contributed by atoms with van der Waals surface area (Å²) in [4.78, 5) is 16.3. The number of halogens is 2. The van der Waals surface area contributed by atoms with Crippen molar-refractivity contribution in [2.24, 2.45) is 5.92 Å². The van der Waals surface area contributed by atoms with Crippen molar-refractivity contribution in [3.63, 3.8) is 0 Å². The number of benzene rings is 2. The summed E-state index contributed by atoms with van der Waals surface area (Å²) in [6, 6.07) is 10.4. The highest BCUT2D eigenvalue weighted by Gasteiger charge is 2.17. The van der Waals surface area contributed by atoms with Gasteiger partial charge in [0.05, 0.1) is 6.20 Å². The Kier molecular flexibility index (Phi) is 6.04. The Bertz CT molecular complexity index is 994. The largest absolute Gasteiger partial charge is 0.420 e. The van der Waals surface area contributed by atoms with E-state index >= 15 is 0 Å². The van der Waals surface area contributed by atoms with Crippen LogP contribution in [0.2, 0.25) is 0 Å². The quantitative estimate of drug-likeness (QED) is 0.568. The second-order valence-corrected chi connectivity index (χ2v) is 7.23. The van der Waals surface area contributed by atoms with Gasteiger partial charge in [0.25, 0.3) is 5.91 Å². The van der Waals surface area contributed by atoms with Gasteiger partial charge < -0.3 is 20.4 Å². The molecule has 1 aromatic heterocycles. The van der Waals surface area contributed by atoms with Gasteiger partial charge in [0, 0.05) is 17.8 Å². The molecule has 0 saturated carbocycles. The molecule has 4 rings (SSSR count). The zero-order valence-corrected chi connectivity index (χ0v) is 16.3. The Hall–Kier alpha value is -3.26. The second-order valence-electron chi connectivity index (χ2n) is 7.23. The molecule has 0 unspecified atom stereocenters. The normalized spacial score (nSPS) is 14.5. The monoisotopic (exact) mass is 412 g/mol. The molecule has 8 heteroatoms. The van der Waals surface area contributed by atoms with E-state index in [9.17, 15) is 13.6 Å². The van der Waals surface area contributed by atoms with Crippen molar-refractivity contribution in [1.29, 1.82) is 0 Å². The molecular weight excluding hydrogens is 390 g/mol. The lowest BCUT2D eigenvalue weighted by molar-refractivity contribution is 0.0944. The van der Waals surface area contributed by atoms with Crippen LogP contribution in [0.1, 0.15) is 23.2 Å². The third-order valence-corrected chi connectivity index (χ3v) is 5.11. The number of piperidine rings is 1. The van der Waals surface area contributed by atoms with Crippen molar-refractivity contribution in [3.05, 3.63) is 65.9 Å². The number of rotatable bonds is 6. The van der Waals surface area contributed by atoms with E-state index in [2.05, 4.69) is 20.9 Å². The van der Waals surface area contributed by atoms with E-state index < -0.39 is 11.6 Å². The summed E-state index contributed by atoms with van der Waals surface area (Å²) in [6.45, 7) is 2.66. The van der Waals surface area contributed by atoms with Gasteiger partial charge in [-0.25, -0.2) is 13.8 Å². The fourth-order valence-corrected chi connectivity index (χ4v) is 3.42. The summed E-state index contributed by atoms with van der Waals surface area (Å²) in [6.07, 6.45) is 3.49. The summed E-state index contributed by atoms with van der Waals surface area (Å²) in [5.74, 6) is -1.02. The van der Waals surface area contributed by atoms with Crippen LogP contribution in [-0.2, 0) is 0 Å². The van der Waals surface area contributed by atoms with Gasteiger partial charge in [-0.3, -0.25) is 4.79 Å². The zero-order chi connectivity index (χ0) is 20.9. The Morgan fingerprint density at radius 1 is 1.10 bits per heavy atom. The molecule has 0 atom stereocenters. The fourth-order valence-electron chi connectivity index (χ4n) is 3.42. The first-order valence-corrected chi connectivity index (χ1v) is 9.86. The molecule has 0 aliphatic carbocycles. The van der Waals surface area contributed by atoms with Crippen molar-refractivity contribution in [2.75, 3.05) is 25.0 Å². The molecule has 1 fully saturated rings. The average molecular weight is 412 g/mol. The Labute approximate surface area is 172 Å². The van der Waals surface area contributed by atoms with Crippen LogP contribution in [0.5, 0.6) is 0 Å². The third kappa shape index (κ3) is 4.65. The van der Waals surface area contributed by atoms with Gasteiger partial charge >= 0.3 is 0 Å². The van der Waals surface area contributed by atoms with Crippen molar-refractivity contribution < 1.29 is 18.0 Å². The predicted molar refractivity (Wildman–Crippen MR) is 110 cm³/mol. The van der Waals surface area contributed by atoms with Gasteiger partial charge in [-0.1, -0.05) is 6.07 Å². The predicted octanol–water partition coefficient (Wildman–Crippen LogP) is 4.09. The van der Waals surface area contributed by atoms with E-state index in [1.807, 2.05) is 0 Å². The van der Waals surface area contributed by atoms with Crippen LogP contribution >= 0.6 is 0 Å². The van der Waals surface area contributed by atoms with Crippen LogP contribution < -0.4 is 16.0 Å². The van der Waals surface area contributed by atoms with Crippen LogP contribution in [0.4, 0.5) is 20.4 Å². The summed E-state index contributed by atoms with van der Waals surface area (Å²) in [5, 5.41) is 9.26. The highest BCUT2D eigenvalue weighted by atomic mass is 19.1. The number of oxazole rings is 1. The van der Waals surface area contributed by atoms with E-state index in [4.69, 9.17) is 4.42 Å². The summed E-state index contributed by atoms with van der Waals surface area (Å²) >= 11 is 0. The molecule has 2 aromatic carbocycles. The molecule has 0 radical (unpaired) electrons. The molecule has 6 nitrogen and oxygen atoms in total. The number of nitrogens with zero attached hydrogens (tertiary/aromatic N) is 1. The third-order valence-electron chi connectivity index (χ3n) is 5.11. The number of anilines is 2. The van der Waals surface area contributed by atoms with E-state index in [-0.39, 0.29) is 23.2 Å². The molecule has 1 aliphatic heterocycles. The first-order chi connectivity index (χ1) is 14.6. The fraction of sp³-hybridized carbons (Fsp3) is 0.273. The molecule has 2 heterocycles. The Balaban J connectivity index is 1.37. The van der Waals surface area contributed by atoms with Gasteiger partial charge in [0.1, 0.15) is 17.2 Å². The first kappa shape index (κ1) is 20.0. The van der Waals surface area contributed by atoms with E-state index in [0.29, 0.717) is 23.7 Å². The van der Waals surface area contributed by atoms with E-state index in [1.54, 1.807) is 24.3 Å². The van der Waals surface area contributed by atoms with Crippen LogP contribution in [0.3, 0.4) is 0 Å². The maximum absolute atomic E-state index is 13.9. The minimum atomic E-state index is -0.747. The van der Waals surface area contributed by atoms with Crippen molar-refractivity contribution in [1.82, 2.24) is 15.6 Å². The smallest absolute Gasteiger partial charge is 0.251 e. The Morgan fingerprint density at radius 2 is 1.80 bits per heavy atom. The van der Waals surface area contributed by atoms with Gasteiger partial charge in [-0.15, -0.1) is 0 Å². The number of carbonyl (C=O) groups is 1. The lowest BCUT2D eigenvalue weighted by Gasteiger charge is -2.22. The molecule has 30 heavy (non-hydrogen) atoms.